The van der Waals surface area contributed by atoms with E-state index in [-0.39, 0.29) is 38.3 Å². The topological polar surface area (TPSA) is 139 Å². The molecular weight excluding hydrogens is 640 g/mol. The standard InChI is InChI=1S/2C10H14O.C10H12O.C9H13NO.C2H5B2O3/c3*1-9(8-11)7-10-5-3-2-4-6-10;10-9(7-11)6-8-4-2-1-3-5-8;1-3-7-6-2-4-5/h2*2-6,9,11H,7-8H2,1H3;2-6,8-9H,7H2,1H3;1-5,9,11H,6-7,10H2;2H2,1H3/t4*9-;/m0000./s1. The van der Waals surface area contributed by atoms with Gasteiger partial charge in [-0.15, -0.1) is 0 Å². The minimum absolute atomic E-state index is 0.00958. The van der Waals surface area contributed by atoms with Crippen molar-refractivity contribution < 1.29 is 34.5 Å². The van der Waals surface area contributed by atoms with Gasteiger partial charge in [0.1, 0.15) is 6.29 Å². The van der Waals surface area contributed by atoms with Crippen molar-refractivity contribution in [2.24, 2.45) is 23.5 Å². The second-order valence-electron chi connectivity index (χ2n) is 12.2. The summed E-state index contributed by atoms with van der Waals surface area (Å²) in [5.41, 5.74) is 10.6. The van der Waals surface area contributed by atoms with Crippen LogP contribution >= 0.6 is 0 Å². The number of aldehydes is 1. The van der Waals surface area contributed by atoms with Gasteiger partial charge in [0, 0.05) is 25.2 Å². The summed E-state index contributed by atoms with van der Waals surface area (Å²) in [5.74, 6) is 0.882. The predicted octanol–water partition coefficient (Wildman–Crippen LogP) is 5.94. The molecule has 1 radical (unpaired) electrons. The molecule has 4 aromatic carbocycles. The van der Waals surface area contributed by atoms with E-state index >= 15 is 0 Å². The maximum atomic E-state index is 10.3. The van der Waals surface area contributed by atoms with E-state index in [1.165, 1.54) is 29.7 Å². The second-order valence-corrected chi connectivity index (χ2v) is 12.2. The largest absolute Gasteiger partial charge is 0.396 e. The van der Waals surface area contributed by atoms with Crippen molar-refractivity contribution in [3.63, 3.8) is 0 Å². The Morgan fingerprint density at radius 1 is 0.608 bits per heavy atom. The molecule has 0 aromatic heterocycles. The molecule has 0 fully saturated rings. The van der Waals surface area contributed by atoms with Crippen LogP contribution in [0.15, 0.2) is 121 Å². The van der Waals surface area contributed by atoms with Crippen LogP contribution in [0.4, 0.5) is 0 Å². The Labute approximate surface area is 307 Å². The average Bonchev–Trinajstić information content (AvgIpc) is 3.17. The van der Waals surface area contributed by atoms with Crippen LogP contribution in [0.5, 0.6) is 0 Å². The number of nitrogens with two attached hydrogens (primary N) is 1. The summed E-state index contributed by atoms with van der Waals surface area (Å²) in [6, 6.07) is 40.3. The number of hydrogen-bond donors (Lipinski definition) is 4. The maximum Gasteiger partial charge on any atom is 0.123 e. The van der Waals surface area contributed by atoms with Gasteiger partial charge < -0.3 is 25.8 Å². The van der Waals surface area contributed by atoms with Gasteiger partial charge >= 0.3 is 42.4 Å². The molecule has 5 N–H and O–H groups in total. The van der Waals surface area contributed by atoms with Gasteiger partial charge in [0.2, 0.25) is 0 Å². The zero-order chi connectivity index (χ0) is 38.0. The molecule has 0 spiro atoms. The molecule has 0 aliphatic carbocycles. The van der Waals surface area contributed by atoms with Gasteiger partial charge in [-0.25, -0.2) is 0 Å². The maximum absolute atomic E-state index is 10.3. The summed E-state index contributed by atoms with van der Waals surface area (Å²) in [6.45, 7) is 8.27. The summed E-state index contributed by atoms with van der Waals surface area (Å²) < 4.78 is 9.46. The van der Waals surface area contributed by atoms with Crippen LogP contribution in [-0.4, -0.2) is 68.6 Å². The first-order valence-electron chi connectivity index (χ1n) is 17.4. The van der Waals surface area contributed by atoms with E-state index in [2.05, 4.69) is 34.0 Å². The van der Waals surface area contributed by atoms with Crippen molar-refractivity contribution in [3.05, 3.63) is 144 Å². The van der Waals surface area contributed by atoms with E-state index in [1.54, 1.807) is 6.82 Å². The summed E-state index contributed by atoms with van der Waals surface area (Å²) in [6.07, 6.45) is 4.53. The summed E-state index contributed by atoms with van der Waals surface area (Å²) in [7, 11) is 1.97. The fraction of sp³-hybridized carbons (Fsp3) is 0.390. The molecule has 4 atom stereocenters. The normalized spacial score (nSPS) is 12.1. The molecule has 0 aliphatic rings. The minimum atomic E-state index is -0.127. The average molecular weight is 699 g/mol. The predicted molar refractivity (Wildman–Crippen MR) is 208 cm³/mol. The van der Waals surface area contributed by atoms with Gasteiger partial charge in [0.25, 0.3) is 0 Å². The van der Waals surface area contributed by atoms with E-state index in [0.717, 1.165) is 32.0 Å². The minimum Gasteiger partial charge on any atom is -0.396 e. The summed E-state index contributed by atoms with van der Waals surface area (Å²) in [4.78, 5) is 18.7. The van der Waals surface area contributed by atoms with Crippen LogP contribution in [0.2, 0.25) is 6.82 Å². The van der Waals surface area contributed by atoms with Crippen molar-refractivity contribution in [1.82, 2.24) is 0 Å². The Kier molecular flexibility index (Phi) is 30.9. The molecule has 0 aliphatic heterocycles. The molecule has 4 aromatic rings. The fourth-order valence-electron chi connectivity index (χ4n) is 4.31. The molecule has 0 unspecified atom stereocenters. The van der Waals surface area contributed by atoms with Crippen molar-refractivity contribution >= 4 is 20.9 Å². The summed E-state index contributed by atoms with van der Waals surface area (Å²) >= 11 is 0. The van der Waals surface area contributed by atoms with Crippen LogP contribution < -0.4 is 5.73 Å². The van der Waals surface area contributed by atoms with Crippen LogP contribution in [0.3, 0.4) is 0 Å². The molecule has 8 nitrogen and oxygen atoms in total. The van der Waals surface area contributed by atoms with Gasteiger partial charge in [-0.3, -0.25) is 0 Å². The number of hydrogen-bond acceptors (Lipinski definition) is 8. The zero-order valence-corrected chi connectivity index (χ0v) is 30.8. The first-order valence-corrected chi connectivity index (χ1v) is 17.4. The number of carbonyl (C=O) groups is 1. The Morgan fingerprint density at radius 3 is 1.25 bits per heavy atom. The van der Waals surface area contributed by atoms with Gasteiger partial charge in [-0.05, 0) is 59.8 Å². The number of benzene rings is 4. The van der Waals surface area contributed by atoms with Crippen LogP contribution in [-0.2, 0) is 44.9 Å². The Bertz CT molecular complexity index is 1210. The molecule has 0 bridgehead atoms. The van der Waals surface area contributed by atoms with Gasteiger partial charge in [0.15, 0.2) is 0 Å². The number of aliphatic hydroxyl groups is 3. The van der Waals surface area contributed by atoms with Gasteiger partial charge in [0.05, 0.1) is 6.61 Å². The fourth-order valence-corrected chi connectivity index (χ4v) is 4.31. The Hall–Kier alpha value is -3.76. The molecule has 0 saturated heterocycles. The van der Waals surface area contributed by atoms with E-state index in [0.29, 0.717) is 19.0 Å². The van der Waals surface area contributed by atoms with Crippen LogP contribution in [0.1, 0.15) is 43.0 Å². The zero-order valence-electron chi connectivity index (χ0n) is 30.8. The van der Waals surface area contributed by atoms with Gasteiger partial charge in [-0.1, -0.05) is 142 Å². The molecule has 51 heavy (non-hydrogen) atoms. The first-order chi connectivity index (χ1) is 24.7. The van der Waals surface area contributed by atoms with Crippen molar-refractivity contribution in [3.8, 4) is 0 Å². The van der Waals surface area contributed by atoms with Gasteiger partial charge in [-0.2, -0.15) is 0 Å². The van der Waals surface area contributed by atoms with Crippen molar-refractivity contribution in [2.45, 2.75) is 59.3 Å². The van der Waals surface area contributed by atoms with Crippen molar-refractivity contribution in [2.75, 3.05) is 26.3 Å². The third kappa shape index (κ3) is 28.6. The number of carbonyl (C=O) groups excluding carboxylic acids is 1. The SMILES string of the molecule is C[B]OOCB=O.C[C@H](C=O)Cc1ccccc1.C[C@H](CO)Cc1ccccc1.C[C@H](CO)Cc1ccccc1.N[C@H](CO)Cc1ccccc1. The third-order valence-electron chi connectivity index (χ3n) is 6.99. The third-order valence-corrected chi connectivity index (χ3v) is 6.99. The van der Waals surface area contributed by atoms with E-state index in [1.807, 2.05) is 118 Å². The molecule has 4 rings (SSSR count). The Balaban J connectivity index is 0.000000618. The van der Waals surface area contributed by atoms with E-state index in [9.17, 15) is 9.50 Å². The number of aliphatic hydroxyl groups excluding tert-OH is 3. The Morgan fingerprint density at radius 2 is 0.961 bits per heavy atom. The molecule has 10 heteroatoms. The number of rotatable bonds is 16. The van der Waals surface area contributed by atoms with E-state index < -0.39 is 0 Å². The molecule has 0 saturated carbocycles. The van der Waals surface area contributed by atoms with Crippen molar-refractivity contribution in [1.29, 1.82) is 0 Å². The molecule has 0 heterocycles. The smallest absolute Gasteiger partial charge is 0.123 e. The first kappa shape index (κ1) is 47.2. The summed E-state index contributed by atoms with van der Waals surface area (Å²) in [5, 5.41) is 26.3. The quantitative estimate of drug-likeness (QED) is 0.0371. The monoisotopic (exact) mass is 698 g/mol. The molecule has 275 valence electrons. The molecular formula is C41H58B2NO7. The van der Waals surface area contributed by atoms with Crippen LogP contribution in [0, 0.1) is 17.8 Å². The van der Waals surface area contributed by atoms with Crippen LogP contribution in [0.25, 0.3) is 0 Å². The molecule has 0 amide bonds. The van der Waals surface area contributed by atoms with E-state index in [4.69, 9.17) is 21.1 Å². The second kappa shape index (κ2) is 33.4.